The fraction of sp³-hybridized carbons (Fsp3) is 0.583. The Kier molecular flexibility index (Phi) is 8.75. The number of benzene rings is 1. The summed E-state index contributed by atoms with van der Waals surface area (Å²) in [6.45, 7) is 3.04. The lowest BCUT2D eigenvalue weighted by Crippen LogP contribution is -2.48. The van der Waals surface area contributed by atoms with Crippen molar-refractivity contribution in [3.8, 4) is 11.8 Å². The predicted octanol–water partition coefficient (Wildman–Crippen LogP) is 2.98. The first-order chi connectivity index (χ1) is 15.8. The van der Waals surface area contributed by atoms with Gasteiger partial charge in [-0.25, -0.2) is 0 Å². The summed E-state index contributed by atoms with van der Waals surface area (Å²) in [6, 6.07) is 4.33. The van der Waals surface area contributed by atoms with Crippen molar-refractivity contribution in [2.24, 2.45) is 0 Å². The third-order valence-corrected chi connectivity index (χ3v) is 6.14. The van der Waals surface area contributed by atoms with Crippen LogP contribution >= 0.6 is 0 Å². The number of likely N-dealkylation sites (tertiary alicyclic amines) is 1. The minimum absolute atomic E-state index is 0.152. The van der Waals surface area contributed by atoms with Crippen molar-refractivity contribution in [2.75, 3.05) is 26.2 Å². The molecule has 0 aromatic heterocycles. The number of alkyl halides is 3. The smallest absolute Gasteiger partial charge is 0.362 e. The first kappa shape index (κ1) is 25.1. The Balaban J connectivity index is 1.55. The largest absolute Gasteiger partial charge is 0.416 e. The number of hydrogen-bond donors (Lipinski definition) is 2. The van der Waals surface area contributed by atoms with Crippen molar-refractivity contribution in [2.45, 2.75) is 63.4 Å². The molecule has 0 spiro atoms. The Hall–Kier alpha value is -2.57. The summed E-state index contributed by atoms with van der Waals surface area (Å²) in [4.78, 5) is 27.1. The summed E-state index contributed by atoms with van der Waals surface area (Å²) in [7, 11) is 0. The van der Waals surface area contributed by atoms with Gasteiger partial charge in [0.15, 0.2) is 0 Å². The van der Waals surface area contributed by atoms with Crippen LogP contribution in [0.5, 0.6) is 0 Å². The van der Waals surface area contributed by atoms with E-state index in [0.29, 0.717) is 19.1 Å². The normalized spacial score (nSPS) is 21.8. The highest BCUT2D eigenvalue weighted by Gasteiger charge is 2.38. The minimum Gasteiger partial charge on any atom is -0.362 e. The second kappa shape index (κ2) is 11.5. The average molecular weight is 466 g/mol. The molecule has 1 aromatic carbocycles. The minimum atomic E-state index is -4.54. The van der Waals surface area contributed by atoms with E-state index in [-0.39, 0.29) is 30.9 Å². The van der Waals surface area contributed by atoms with Crippen molar-refractivity contribution in [3.05, 3.63) is 35.4 Å². The highest BCUT2D eigenvalue weighted by Crippen LogP contribution is 2.29. The summed E-state index contributed by atoms with van der Waals surface area (Å²) in [5, 5.41) is 5.32. The van der Waals surface area contributed by atoms with Gasteiger partial charge in [0.2, 0.25) is 5.91 Å². The van der Waals surface area contributed by atoms with E-state index in [4.69, 9.17) is 4.74 Å². The molecule has 1 aliphatic carbocycles. The summed E-state index contributed by atoms with van der Waals surface area (Å²) in [6.07, 6.45) is 1.17. The molecule has 1 unspecified atom stereocenters. The number of rotatable bonds is 7. The second-order valence-electron chi connectivity index (χ2n) is 8.46. The summed E-state index contributed by atoms with van der Waals surface area (Å²) in [5.74, 6) is 4.51. The summed E-state index contributed by atoms with van der Waals surface area (Å²) in [5.41, 5.74) is -1.06. The van der Waals surface area contributed by atoms with Gasteiger partial charge in [-0.15, -0.1) is 5.92 Å². The molecule has 33 heavy (non-hydrogen) atoms. The van der Waals surface area contributed by atoms with Crippen molar-refractivity contribution < 1.29 is 27.5 Å². The number of amides is 2. The first-order valence-corrected chi connectivity index (χ1v) is 11.3. The Bertz CT molecular complexity index is 888. The zero-order valence-corrected chi connectivity index (χ0v) is 18.7. The van der Waals surface area contributed by atoms with Gasteiger partial charge >= 0.3 is 6.18 Å². The molecule has 180 valence electrons. The molecule has 1 heterocycles. The van der Waals surface area contributed by atoms with E-state index in [0.717, 1.165) is 31.0 Å². The van der Waals surface area contributed by atoms with Crippen LogP contribution in [0.4, 0.5) is 13.2 Å². The molecular weight excluding hydrogens is 435 g/mol. The lowest BCUT2D eigenvalue weighted by molar-refractivity contribution is -0.137. The first-order valence-electron chi connectivity index (χ1n) is 11.3. The molecule has 9 heteroatoms. The van der Waals surface area contributed by atoms with Crippen LogP contribution in [0.1, 0.15) is 54.9 Å². The second-order valence-corrected chi connectivity index (χ2v) is 8.46. The van der Waals surface area contributed by atoms with E-state index in [2.05, 4.69) is 27.4 Å². The van der Waals surface area contributed by atoms with Crippen molar-refractivity contribution in [1.82, 2.24) is 15.5 Å². The Morgan fingerprint density at radius 3 is 2.64 bits per heavy atom. The van der Waals surface area contributed by atoms with Gasteiger partial charge in [0.05, 0.1) is 24.3 Å². The van der Waals surface area contributed by atoms with E-state index < -0.39 is 23.6 Å². The Morgan fingerprint density at radius 2 is 1.94 bits per heavy atom. The van der Waals surface area contributed by atoms with Crippen LogP contribution in [0.15, 0.2) is 24.3 Å². The van der Waals surface area contributed by atoms with Gasteiger partial charge in [-0.2, -0.15) is 13.2 Å². The van der Waals surface area contributed by atoms with Crippen LogP contribution in [0.3, 0.4) is 0 Å². The summed E-state index contributed by atoms with van der Waals surface area (Å²) < 4.78 is 44.5. The zero-order chi connectivity index (χ0) is 23.8. The third-order valence-electron chi connectivity index (χ3n) is 6.14. The molecule has 2 aliphatic rings. The third kappa shape index (κ3) is 7.21. The van der Waals surface area contributed by atoms with Gasteiger partial charge in [0.1, 0.15) is 6.61 Å². The fourth-order valence-electron chi connectivity index (χ4n) is 4.43. The van der Waals surface area contributed by atoms with E-state index in [1.807, 2.05) is 0 Å². The maximum absolute atomic E-state index is 12.9. The molecular formula is C24H30F3N3O3. The molecule has 3 rings (SSSR count). The van der Waals surface area contributed by atoms with Crippen LogP contribution in [0.25, 0.3) is 0 Å². The number of halogens is 3. The standard InChI is InChI=1S/C24H30F3N3O3/c1-2-3-12-33-21-16-30(19-10-5-4-6-11-19)15-20(21)29-22(31)14-28-23(32)17-8-7-9-18(13-17)24(25,26)27/h7-9,13,19-21H,4-6,10-12,14-16H2,1H3,(H,28,32)(H,29,31)/t20-,21?/m0/s1. The molecule has 2 amide bonds. The Labute approximate surface area is 192 Å². The molecule has 1 saturated heterocycles. The lowest BCUT2D eigenvalue weighted by atomic mass is 9.94. The van der Waals surface area contributed by atoms with Crippen molar-refractivity contribution in [1.29, 1.82) is 0 Å². The van der Waals surface area contributed by atoms with Gasteiger partial charge in [-0.1, -0.05) is 31.2 Å². The molecule has 2 atom stereocenters. The molecule has 0 radical (unpaired) electrons. The van der Waals surface area contributed by atoms with Gasteiger partial charge in [0, 0.05) is 24.7 Å². The molecule has 1 aromatic rings. The van der Waals surface area contributed by atoms with Crippen molar-refractivity contribution >= 4 is 11.8 Å². The van der Waals surface area contributed by atoms with Gasteiger partial charge in [-0.3, -0.25) is 14.5 Å². The molecule has 6 nitrogen and oxygen atoms in total. The summed E-state index contributed by atoms with van der Waals surface area (Å²) >= 11 is 0. The average Bonchev–Trinajstić information content (AvgIpc) is 3.20. The lowest BCUT2D eigenvalue weighted by Gasteiger charge is -2.30. The number of carbonyl (C=O) groups excluding carboxylic acids is 2. The SMILES string of the molecule is CC#CCOC1CN(C2CCCCC2)C[C@@H]1NC(=O)CNC(=O)c1cccc(C(F)(F)F)c1. The van der Waals surface area contributed by atoms with Crippen LogP contribution < -0.4 is 10.6 Å². The highest BCUT2D eigenvalue weighted by atomic mass is 19.4. The number of nitrogens with zero attached hydrogens (tertiary/aromatic N) is 1. The number of nitrogens with one attached hydrogen (secondary N) is 2. The van der Waals surface area contributed by atoms with E-state index in [1.54, 1.807) is 6.92 Å². The van der Waals surface area contributed by atoms with E-state index >= 15 is 0 Å². The maximum Gasteiger partial charge on any atom is 0.416 e. The topological polar surface area (TPSA) is 70.7 Å². The number of hydrogen-bond acceptors (Lipinski definition) is 4. The Morgan fingerprint density at radius 1 is 1.18 bits per heavy atom. The fourth-order valence-corrected chi connectivity index (χ4v) is 4.43. The number of ether oxygens (including phenoxy) is 1. The van der Waals surface area contributed by atoms with Crippen LogP contribution in [0, 0.1) is 11.8 Å². The number of carbonyl (C=O) groups is 2. The molecule has 1 saturated carbocycles. The van der Waals surface area contributed by atoms with Crippen LogP contribution in [-0.4, -0.2) is 61.1 Å². The van der Waals surface area contributed by atoms with Gasteiger partial charge < -0.3 is 15.4 Å². The highest BCUT2D eigenvalue weighted by molar-refractivity contribution is 5.96. The molecule has 0 bridgehead atoms. The van der Waals surface area contributed by atoms with Crippen molar-refractivity contribution in [3.63, 3.8) is 0 Å². The zero-order valence-electron chi connectivity index (χ0n) is 18.7. The molecule has 2 fully saturated rings. The molecule has 2 N–H and O–H groups in total. The van der Waals surface area contributed by atoms with Crippen LogP contribution in [-0.2, 0) is 15.7 Å². The van der Waals surface area contributed by atoms with E-state index in [1.165, 1.54) is 25.3 Å². The predicted molar refractivity (Wildman–Crippen MR) is 117 cm³/mol. The van der Waals surface area contributed by atoms with Crippen LogP contribution in [0.2, 0.25) is 0 Å². The van der Waals surface area contributed by atoms with Gasteiger partial charge in [0.25, 0.3) is 5.91 Å². The maximum atomic E-state index is 12.9. The monoisotopic (exact) mass is 465 g/mol. The quantitative estimate of drug-likeness (QED) is 0.608. The van der Waals surface area contributed by atoms with E-state index in [9.17, 15) is 22.8 Å². The molecule has 1 aliphatic heterocycles. The van der Waals surface area contributed by atoms with Gasteiger partial charge in [-0.05, 0) is 38.0 Å².